The molecule has 3 nitrogen and oxygen atoms in total. The van der Waals surface area contributed by atoms with E-state index in [2.05, 4.69) is 11.1 Å². The predicted octanol–water partition coefficient (Wildman–Crippen LogP) is 3.43. The Morgan fingerprint density at radius 1 is 0.852 bits per heavy atom. The number of benzene rings is 3. The number of rotatable bonds is 4. The maximum atomic E-state index is 13.4. The molecule has 0 atom stereocenters. The number of para-hydroxylation sites is 1. The fraction of sp³-hybridized carbons (Fsp3) is 0. The monoisotopic (exact) mass is 352 g/mol. The summed E-state index contributed by atoms with van der Waals surface area (Å²) < 4.78 is 19.7. The lowest BCUT2D eigenvalue weighted by molar-refractivity contribution is 0.596. The second-order valence-electron chi connectivity index (χ2n) is 6.11. The second kappa shape index (κ2) is 7.31. The van der Waals surface area contributed by atoms with Crippen LogP contribution in [0.15, 0.2) is 85.1 Å². The highest BCUT2D eigenvalue weighted by Crippen LogP contribution is 2.23. The van der Waals surface area contributed by atoms with Crippen LogP contribution < -0.4 is 15.6 Å². The lowest BCUT2D eigenvalue weighted by Crippen LogP contribution is -2.47. The van der Waals surface area contributed by atoms with Crippen LogP contribution in [0.4, 0.5) is 4.39 Å². The largest absolute Gasteiger partial charge is 0.550 e. The number of hydrogen-bond acceptors (Lipinski definition) is 3. The molecule has 0 fully saturated rings. The van der Waals surface area contributed by atoms with E-state index in [-0.39, 0.29) is 5.82 Å². The summed E-state index contributed by atoms with van der Waals surface area (Å²) >= 11 is 0. The molecule has 5 heteroatoms. The van der Waals surface area contributed by atoms with Gasteiger partial charge >= 0.3 is 6.92 Å². The van der Waals surface area contributed by atoms with Gasteiger partial charge in [0.2, 0.25) is 0 Å². The number of pyridine rings is 1. The van der Waals surface area contributed by atoms with Gasteiger partial charge in [0.1, 0.15) is 17.1 Å². The lowest BCUT2D eigenvalue weighted by Gasteiger charge is -2.18. The van der Waals surface area contributed by atoms with E-state index in [9.17, 15) is 4.39 Å². The van der Waals surface area contributed by atoms with Gasteiger partial charge in [-0.1, -0.05) is 42.5 Å². The average Bonchev–Trinajstić information content (AvgIpc) is 2.73. The van der Waals surface area contributed by atoms with Crippen LogP contribution in [0.2, 0.25) is 0 Å². The van der Waals surface area contributed by atoms with Crippen molar-refractivity contribution < 1.29 is 9.04 Å². The van der Waals surface area contributed by atoms with Gasteiger partial charge in [0.15, 0.2) is 0 Å². The Labute approximate surface area is 156 Å². The SMILES string of the molecule is N#Cc1ccc(B(Oc2cccc3cccnc23)c2ccc(F)cc2)cc1. The van der Waals surface area contributed by atoms with E-state index >= 15 is 0 Å². The molecular weight excluding hydrogens is 338 g/mol. The Hall–Kier alpha value is -3.65. The van der Waals surface area contributed by atoms with Gasteiger partial charge in [-0.25, -0.2) is 4.39 Å². The smallest absolute Gasteiger partial charge is 0.426 e. The fourth-order valence-corrected chi connectivity index (χ4v) is 3.00. The third kappa shape index (κ3) is 3.51. The first kappa shape index (κ1) is 16.8. The van der Waals surface area contributed by atoms with Crippen LogP contribution in [0, 0.1) is 17.1 Å². The van der Waals surface area contributed by atoms with Crippen molar-refractivity contribution in [3.05, 3.63) is 96.4 Å². The highest BCUT2D eigenvalue weighted by atomic mass is 19.1. The maximum Gasteiger partial charge on any atom is 0.426 e. The van der Waals surface area contributed by atoms with Crippen LogP contribution in [-0.2, 0) is 0 Å². The third-order valence-electron chi connectivity index (χ3n) is 4.36. The number of nitrogens with zero attached hydrogens (tertiary/aromatic N) is 2. The molecule has 0 radical (unpaired) electrons. The molecule has 1 heterocycles. The van der Waals surface area contributed by atoms with Crippen molar-refractivity contribution in [2.45, 2.75) is 0 Å². The Bertz CT molecular complexity index is 1120. The highest BCUT2D eigenvalue weighted by Gasteiger charge is 2.24. The minimum Gasteiger partial charge on any atom is -0.550 e. The van der Waals surface area contributed by atoms with Gasteiger partial charge < -0.3 is 4.65 Å². The number of fused-ring (bicyclic) bond motifs is 1. The van der Waals surface area contributed by atoms with Crippen molar-refractivity contribution in [3.63, 3.8) is 0 Å². The van der Waals surface area contributed by atoms with E-state index in [1.54, 1.807) is 30.5 Å². The molecule has 0 saturated carbocycles. The van der Waals surface area contributed by atoms with Gasteiger partial charge in [-0.2, -0.15) is 5.26 Å². The first-order valence-electron chi connectivity index (χ1n) is 8.50. The van der Waals surface area contributed by atoms with Gasteiger partial charge in [-0.15, -0.1) is 0 Å². The van der Waals surface area contributed by atoms with Crippen molar-refractivity contribution in [2.24, 2.45) is 0 Å². The lowest BCUT2D eigenvalue weighted by atomic mass is 9.55. The Balaban J connectivity index is 1.79. The summed E-state index contributed by atoms with van der Waals surface area (Å²) in [6.07, 6.45) is 1.73. The Morgan fingerprint density at radius 3 is 2.22 bits per heavy atom. The molecule has 3 aromatic carbocycles. The topological polar surface area (TPSA) is 45.9 Å². The van der Waals surface area contributed by atoms with Gasteiger partial charge in [0.25, 0.3) is 0 Å². The number of aromatic nitrogens is 1. The zero-order valence-corrected chi connectivity index (χ0v) is 14.3. The van der Waals surface area contributed by atoms with Crippen LogP contribution >= 0.6 is 0 Å². The molecule has 0 aliphatic rings. The molecule has 0 amide bonds. The Morgan fingerprint density at radius 2 is 1.52 bits per heavy atom. The molecule has 4 aromatic rings. The van der Waals surface area contributed by atoms with Crippen LogP contribution in [0.25, 0.3) is 10.9 Å². The number of nitriles is 1. The molecule has 0 unspecified atom stereocenters. The van der Waals surface area contributed by atoms with Gasteiger partial charge in [0.05, 0.1) is 11.6 Å². The summed E-state index contributed by atoms with van der Waals surface area (Å²) in [4.78, 5) is 4.43. The van der Waals surface area contributed by atoms with Crippen molar-refractivity contribution in [2.75, 3.05) is 0 Å². The van der Waals surface area contributed by atoms with E-state index in [0.29, 0.717) is 11.3 Å². The van der Waals surface area contributed by atoms with Gasteiger partial charge in [0, 0.05) is 11.6 Å². The summed E-state index contributed by atoms with van der Waals surface area (Å²) in [5.41, 5.74) is 3.02. The zero-order valence-electron chi connectivity index (χ0n) is 14.3. The van der Waals surface area contributed by atoms with Gasteiger partial charge in [-0.05, 0) is 47.3 Å². The summed E-state index contributed by atoms with van der Waals surface area (Å²) in [5, 5.41) is 10.0. The molecule has 0 aliphatic heterocycles. The molecule has 128 valence electrons. The van der Waals surface area contributed by atoms with E-state index in [0.717, 1.165) is 21.8 Å². The van der Waals surface area contributed by atoms with Crippen molar-refractivity contribution in [1.29, 1.82) is 5.26 Å². The van der Waals surface area contributed by atoms with Crippen LogP contribution in [-0.4, -0.2) is 11.9 Å². The van der Waals surface area contributed by atoms with E-state index in [1.807, 2.05) is 42.5 Å². The first-order chi connectivity index (χ1) is 13.2. The number of halogens is 1. The third-order valence-corrected chi connectivity index (χ3v) is 4.36. The minimum absolute atomic E-state index is 0.302. The summed E-state index contributed by atoms with van der Waals surface area (Å²) in [6.45, 7) is -0.453. The summed E-state index contributed by atoms with van der Waals surface area (Å²) in [6, 6.07) is 25.2. The van der Waals surface area contributed by atoms with Crippen LogP contribution in [0.5, 0.6) is 5.75 Å². The van der Waals surface area contributed by atoms with E-state index in [4.69, 9.17) is 9.92 Å². The second-order valence-corrected chi connectivity index (χ2v) is 6.11. The standard InChI is InChI=1S/C22H14BFN2O/c24-20-12-10-19(11-13-20)23(18-8-6-16(15-25)7-9-18)27-21-5-1-3-17-4-2-14-26-22(17)21/h1-14H. The average molecular weight is 352 g/mol. The van der Waals surface area contributed by atoms with Crippen molar-refractivity contribution in [3.8, 4) is 11.8 Å². The minimum atomic E-state index is -0.453. The molecule has 0 spiro atoms. The van der Waals surface area contributed by atoms with Crippen molar-refractivity contribution in [1.82, 2.24) is 4.98 Å². The molecule has 0 aliphatic carbocycles. The van der Waals surface area contributed by atoms with E-state index in [1.165, 1.54) is 12.1 Å². The molecule has 0 bridgehead atoms. The quantitative estimate of drug-likeness (QED) is 0.529. The predicted molar refractivity (Wildman–Crippen MR) is 105 cm³/mol. The van der Waals surface area contributed by atoms with Gasteiger partial charge in [-0.3, -0.25) is 4.98 Å². The zero-order chi connectivity index (χ0) is 18.6. The molecular formula is C22H14BFN2O. The molecule has 1 aromatic heterocycles. The first-order valence-corrected chi connectivity index (χ1v) is 8.50. The maximum absolute atomic E-state index is 13.4. The summed E-state index contributed by atoms with van der Waals surface area (Å²) in [7, 11) is 0. The highest BCUT2D eigenvalue weighted by molar-refractivity contribution is 6.80. The number of hydrogen-bond donors (Lipinski definition) is 0. The normalized spacial score (nSPS) is 10.4. The Kier molecular flexibility index (Phi) is 4.55. The van der Waals surface area contributed by atoms with Crippen LogP contribution in [0.1, 0.15) is 5.56 Å². The fourth-order valence-electron chi connectivity index (χ4n) is 3.00. The van der Waals surface area contributed by atoms with Crippen molar-refractivity contribution >= 4 is 28.7 Å². The van der Waals surface area contributed by atoms with Crippen LogP contribution in [0.3, 0.4) is 0 Å². The summed E-state index contributed by atoms with van der Waals surface area (Å²) in [5.74, 6) is 0.343. The molecule has 27 heavy (non-hydrogen) atoms. The van der Waals surface area contributed by atoms with E-state index < -0.39 is 6.92 Å². The molecule has 4 rings (SSSR count). The molecule has 0 N–H and O–H groups in total. The molecule has 0 saturated heterocycles.